The van der Waals surface area contributed by atoms with E-state index in [0.29, 0.717) is 5.92 Å². The number of hydrogen-bond donors (Lipinski definition) is 0. The zero-order valence-electron chi connectivity index (χ0n) is 12.4. The Labute approximate surface area is 122 Å². The maximum Gasteiger partial charge on any atom is 0.110 e. The van der Waals surface area contributed by atoms with E-state index in [-0.39, 0.29) is 12.4 Å². The van der Waals surface area contributed by atoms with E-state index in [0.717, 1.165) is 24.4 Å². The molecule has 2 nitrogen and oxygen atoms in total. The number of hydrogen-bond acceptors (Lipinski definition) is 1. The summed E-state index contributed by atoms with van der Waals surface area (Å²) in [5, 5.41) is 0. The monoisotopic (exact) mass is 279 g/mol. The molecular weight excluding hydrogens is 256 g/mol. The Kier molecular flexibility index (Phi) is 5.86. The van der Waals surface area contributed by atoms with Gasteiger partial charge in [0.05, 0.1) is 11.0 Å². The first-order chi connectivity index (χ1) is 8.58. The normalized spacial score (nSPS) is 11.3. The average Bonchev–Trinajstić information content (AvgIpc) is 2.62. The van der Waals surface area contributed by atoms with Crippen molar-refractivity contribution in [2.45, 2.75) is 47.1 Å². The third-order valence-electron chi connectivity index (χ3n) is 3.25. The first kappa shape index (κ1) is 16.0. The van der Waals surface area contributed by atoms with Gasteiger partial charge in [0, 0.05) is 13.0 Å². The molecule has 0 atom stereocenters. The lowest BCUT2D eigenvalue weighted by Gasteiger charge is -2.12. The maximum absolute atomic E-state index is 4.79. The molecule has 0 fully saturated rings. The van der Waals surface area contributed by atoms with E-state index in [9.17, 15) is 0 Å². The van der Waals surface area contributed by atoms with Gasteiger partial charge in [-0.05, 0) is 30.4 Å². The van der Waals surface area contributed by atoms with Crippen molar-refractivity contribution in [1.29, 1.82) is 0 Å². The molecule has 0 aliphatic rings. The second kappa shape index (κ2) is 6.95. The summed E-state index contributed by atoms with van der Waals surface area (Å²) in [6, 6.07) is 8.48. The number of rotatable bonds is 5. The van der Waals surface area contributed by atoms with Gasteiger partial charge in [-0.25, -0.2) is 4.98 Å². The van der Waals surface area contributed by atoms with Crippen molar-refractivity contribution >= 4 is 11.0 Å². The van der Waals surface area contributed by atoms with Gasteiger partial charge in [0.15, 0.2) is 0 Å². The number of imidazole rings is 1. The van der Waals surface area contributed by atoms with E-state index in [4.69, 9.17) is 4.98 Å². The molecule has 0 radical (unpaired) electrons. The number of aromatic nitrogens is 2. The van der Waals surface area contributed by atoms with Crippen molar-refractivity contribution in [3.8, 4) is 0 Å². The van der Waals surface area contributed by atoms with Crippen molar-refractivity contribution in [2.24, 2.45) is 11.8 Å². The lowest BCUT2D eigenvalue weighted by atomic mass is 10.1. The summed E-state index contributed by atoms with van der Waals surface area (Å²) in [4.78, 5) is 4.79. The van der Waals surface area contributed by atoms with E-state index in [1.54, 1.807) is 0 Å². The van der Waals surface area contributed by atoms with E-state index < -0.39 is 0 Å². The Hall–Kier alpha value is -1.02. The van der Waals surface area contributed by atoms with Crippen molar-refractivity contribution in [3.05, 3.63) is 30.1 Å². The zero-order valence-corrected chi connectivity index (χ0v) is 13.1. The molecule has 1 aromatic heterocycles. The molecule has 0 aliphatic carbocycles. The van der Waals surface area contributed by atoms with Crippen LogP contribution in [0.5, 0.6) is 0 Å². The van der Waals surface area contributed by atoms with Gasteiger partial charge in [-0.15, -0.1) is 0 Å². The van der Waals surface area contributed by atoms with E-state index >= 15 is 0 Å². The molecule has 1 heterocycles. The highest BCUT2D eigenvalue weighted by Crippen LogP contribution is 2.19. The Bertz CT molecular complexity index is 514. The fraction of sp³-hybridized carbons (Fsp3) is 0.562. The summed E-state index contributed by atoms with van der Waals surface area (Å²) in [7, 11) is 0. The molecule has 3 heteroatoms. The largest absolute Gasteiger partial charge is 1.00 e. The second-order valence-electron chi connectivity index (χ2n) is 5.95. The third kappa shape index (κ3) is 3.97. The summed E-state index contributed by atoms with van der Waals surface area (Å²) in [5.41, 5.74) is 2.42. The predicted octanol–water partition coefficient (Wildman–Crippen LogP) is 1.28. The molecule has 106 valence electrons. The fourth-order valence-corrected chi connectivity index (χ4v) is 2.28. The number of aryl methyl sites for hydroxylation is 1. The SMILES string of the molecule is CC(C)CCn1c(CC(C)C)nc2ccccc21.[Cl-]. The smallest absolute Gasteiger partial charge is 0.110 e. The van der Waals surface area contributed by atoms with Crippen LogP contribution in [0.25, 0.3) is 11.0 Å². The fourth-order valence-electron chi connectivity index (χ4n) is 2.28. The number of fused-ring (bicyclic) bond motifs is 1. The molecule has 0 saturated carbocycles. The van der Waals surface area contributed by atoms with Crippen molar-refractivity contribution in [2.75, 3.05) is 0 Å². The second-order valence-corrected chi connectivity index (χ2v) is 5.95. The Morgan fingerprint density at radius 1 is 1.05 bits per heavy atom. The standard InChI is InChI=1S/C16H24N2.ClH/c1-12(2)9-10-18-15-8-6-5-7-14(15)17-16(18)11-13(3)4;/h5-8,12-13H,9-11H2,1-4H3;1H/p-1. The molecule has 1 aromatic carbocycles. The maximum atomic E-state index is 4.79. The number of nitrogens with zero attached hydrogens (tertiary/aromatic N) is 2. The van der Waals surface area contributed by atoms with E-state index in [1.165, 1.54) is 17.8 Å². The first-order valence-electron chi connectivity index (χ1n) is 7.02. The minimum absolute atomic E-state index is 0. The van der Waals surface area contributed by atoms with Crippen LogP contribution in [0.1, 0.15) is 39.9 Å². The minimum atomic E-state index is 0. The minimum Gasteiger partial charge on any atom is -1.00 e. The molecule has 0 unspecified atom stereocenters. The average molecular weight is 280 g/mol. The molecule has 0 saturated heterocycles. The Morgan fingerprint density at radius 2 is 1.74 bits per heavy atom. The quantitative estimate of drug-likeness (QED) is 0.806. The molecular formula is C16H24ClN2-. The van der Waals surface area contributed by atoms with Gasteiger partial charge < -0.3 is 17.0 Å². The van der Waals surface area contributed by atoms with Crippen molar-refractivity contribution in [3.63, 3.8) is 0 Å². The molecule has 0 spiro atoms. The zero-order chi connectivity index (χ0) is 13.1. The summed E-state index contributed by atoms with van der Waals surface area (Å²) < 4.78 is 2.41. The predicted molar refractivity (Wildman–Crippen MR) is 77.7 cm³/mol. The molecule has 0 bridgehead atoms. The molecule has 2 aromatic rings. The van der Waals surface area contributed by atoms with Crippen LogP contribution < -0.4 is 12.4 Å². The van der Waals surface area contributed by atoms with Crippen molar-refractivity contribution in [1.82, 2.24) is 9.55 Å². The first-order valence-corrected chi connectivity index (χ1v) is 7.02. The van der Waals surface area contributed by atoms with Crippen LogP contribution in [0.4, 0.5) is 0 Å². The molecule has 0 N–H and O–H groups in total. The van der Waals surface area contributed by atoms with Crippen LogP contribution in [0.2, 0.25) is 0 Å². The Balaban J connectivity index is 0.00000180. The highest BCUT2D eigenvalue weighted by Gasteiger charge is 2.11. The summed E-state index contributed by atoms with van der Waals surface area (Å²) >= 11 is 0. The number of benzene rings is 1. The van der Waals surface area contributed by atoms with Crippen LogP contribution in [-0.4, -0.2) is 9.55 Å². The van der Waals surface area contributed by atoms with E-state index in [2.05, 4.69) is 56.5 Å². The molecule has 19 heavy (non-hydrogen) atoms. The van der Waals surface area contributed by atoms with Gasteiger partial charge in [-0.1, -0.05) is 39.8 Å². The molecule has 0 aliphatic heterocycles. The van der Waals surface area contributed by atoms with Gasteiger partial charge in [0.2, 0.25) is 0 Å². The lowest BCUT2D eigenvalue weighted by Crippen LogP contribution is -3.00. The lowest BCUT2D eigenvalue weighted by molar-refractivity contribution is -0.00000433. The van der Waals surface area contributed by atoms with Gasteiger partial charge in [-0.2, -0.15) is 0 Å². The van der Waals surface area contributed by atoms with Crippen LogP contribution in [0, 0.1) is 11.8 Å². The molecule has 0 amide bonds. The van der Waals surface area contributed by atoms with Gasteiger partial charge in [-0.3, -0.25) is 0 Å². The highest BCUT2D eigenvalue weighted by atomic mass is 35.5. The van der Waals surface area contributed by atoms with Gasteiger partial charge >= 0.3 is 0 Å². The van der Waals surface area contributed by atoms with Gasteiger partial charge in [0.1, 0.15) is 5.82 Å². The van der Waals surface area contributed by atoms with Crippen LogP contribution in [-0.2, 0) is 13.0 Å². The summed E-state index contributed by atoms with van der Waals surface area (Å²) in [5.74, 6) is 2.63. The number of para-hydroxylation sites is 2. The summed E-state index contributed by atoms with van der Waals surface area (Å²) in [6.45, 7) is 10.2. The van der Waals surface area contributed by atoms with Crippen LogP contribution in [0.15, 0.2) is 24.3 Å². The van der Waals surface area contributed by atoms with Gasteiger partial charge in [0.25, 0.3) is 0 Å². The molecule has 2 rings (SSSR count). The topological polar surface area (TPSA) is 17.8 Å². The highest BCUT2D eigenvalue weighted by molar-refractivity contribution is 5.75. The van der Waals surface area contributed by atoms with E-state index in [1.807, 2.05) is 0 Å². The van der Waals surface area contributed by atoms with Crippen molar-refractivity contribution < 1.29 is 12.4 Å². The Morgan fingerprint density at radius 3 is 2.37 bits per heavy atom. The summed E-state index contributed by atoms with van der Waals surface area (Å²) in [6.07, 6.45) is 2.28. The van der Waals surface area contributed by atoms with Crippen LogP contribution in [0.3, 0.4) is 0 Å². The number of halogens is 1. The van der Waals surface area contributed by atoms with Crippen LogP contribution >= 0.6 is 0 Å². The third-order valence-corrected chi connectivity index (χ3v) is 3.25.